The number of carboxylic acids is 1. The number of nitrogens with zero attached hydrogens (tertiary/aromatic N) is 1. The maximum absolute atomic E-state index is 10.6. The predicted octanol–water partition coefficient (Wildman–Crippen LogP) is 3.12. The van der Waals surface area contributed by atoms with Gasteiger partial charge in [0, 0.05) is 35.2 Å². The molecule has 1 atom stereocenters. The Bertz CT molecular complexity index is 439. The van der Waals surface area contributed by atoms with E-state index in [1.54, 1.807) is 11.8 Å². The Hall–Kier alpha value is -0.870. The van der Waals surface area contributed by atoms with E-state index in [-0.39, 0.29) is 12.5 Å². The van der Waals surface area contributed by atoms with Crippen LogP contribution in [0.2, 0.25) is 5.02 Å². The monoisotopic (exact) mass is 271 g/mol. The largest absolute Gasteiger partial charge is 0.481 e. The topological polar surface area (TPSA) is 40.5 Å². The number of halogens is 1. The Morgan fingerprint density at radius 2 is 2.41 bits per heavy atom. The van der Waals surface area contributed by atoms with Gasteiger partial charge >= 0.3 is 5.97 Å². The van der Waals surface area contributed by atoms with Gasteiger partial charge in [-0.3, -0.25) is 4.79 Å². The molecule has 1 N–H and O–H groups in total. The maximum atomic E-state index is 10.6. The summed E-state index contributed by atoms with van der Waals surface area (Å²) in [7, 11) is 2.00. The Balaban J connectivity index is 2.14. The first-order valence-corrected chi connectivity index (χ1v) is 6.81. The lowest BCUT2D eigenvalue weighted by atomic mass is 10.1. The second-order valence-electron chi connectivity index (χ2n) is 4.12. The Labute approximate surface area is 110 Å². The van der Waals surface area contributed by atoms with Crippen LogP contribution in [0.5, 0.6) is 0 Å². The van der Waals surface area contributed by atoms with Crippen molar-refractivity contribution in [3.05, 3.63) is 23.2 Å². The van der Waals surface area contributed by atoms with E-state index >= 15 is 0 Å². The molecule has 1 aliphatic rings. The van der Waals surface area contributed by atoms with E-state index in [1.807, 2.05) is 25.2 Å². The second-order valence-corrected chi connectivity index (χ2v) is 5.62. The lowest BCUT2D eigenvalue weighted by molar-refractivity contribution is -0.137. The van der Waals surface area contributed by atoms with Crippen LogP contribution in [0.1, 0.15) is 12.8 Å². The van der Waals surface area contributed by atoms with Gasteiger partial charge in [0.25, 0.3) is 0 Å². The fourth-order valence-corrected chi connectivity index (χ4v) is 3.39. The number of thioether (sulfide) groups is 1. The Morgan fingerprint density at radius 1 is 1.65 bits per heavy atom. The SMILES string of the molecule is CN1c2cc(Cl)ccc2SCC1CCC(=O)O. The van der Waals surface area contributed by atoms with Gasteiger partial charge in [0.15, 0.2) is 0 Å². The van der Waals surface area contributed by atoms with Crippen molar-refractivity contribution in [1.82, 2.24) is 0 Å². The molecular formula is C12H14ClNO2S. The number of fused-ring (bicyclic) bond motifs is 1. The lowest BCUT2D eigenvalue weighted by Gasteiger charge is -2.35. The van der Waals surface area contributed by atoms with Crippen molar-refractivity contribution >= 4 is 35.0 Å². The first-order chi connectivity index (χ1) is 8.08. The number of anilines is 1. The van der Waals surface area contributed by atoms with E-state index in [1.165, 1.54) is 4.90 Å². The van der Waals surface area contributed by atoms with Gasteiger partial charge in [-0.15, -0.1) is 11.8 Å². The van der Waals surface area contributed by atoms with Gasteiger partial charge in [0.1, 0.15) is 0 Å². The molecule has 0 bridgehead atoms. The molecule has 0 aromatic heterocycles. The van der Waals surface area contributed by atoms with E-state index < -0.39 is 5.97 Å². The molecular weight excluding hydrogens is 258 g/mol. The molecule has 0 saturated carbocycles. The van der Waals surface area contributed by atoms with Crippen LogP contribution in [0.3, 0.4) is 0 Å². The van der Waals surface area contributed by atoms with Gasteiger partial charge in [0.2, 0.25) is 0 Å². The highest BCUT2D eigenvalue weighted by atomic mass is 35.5. The van der Waals surface area contributed by atoms with Gasteiger partial charge in [-0.1, -0.05) is 11.6 Å². The maximum Gasteiger partial charge on any atom is 0.303 e. The Morgan fingerprint density at radius 3 is 3.12 bits per heavy atom. The summed E-state index contributed by atoms with van der Waals surface area (Å²) in [5.41, 5.74) is 1.10. The predicted molar refractivity (Wildman–Crippen MR) is 71.2 cm³/mol. The smallest absolute Gasteiger partial charge is 0.303 e. The molecule has 0 amide bonds. The van der Waals surface area contributed by atoms with Crippen LogP contribution in [0, 0.1) is 0 Å². The average Bonchev–Trinajstić information content (AvgIpc) is 2.29. The molecule has 3 nitrogen and oxygen atoms in total. The lowest BCUT2D eigenvalue weighted by Crippen LogP contribution is -2.37. The number of rotatable bonds is 3. The molecule has 2 rings (SSSR count). The molecule has 1 aromatic carbocycles. The number of carbonyl (C=O) groups is 1. The zero-order valence-corrected chi connectivity index (χ0v) is 11.1. The minimum atomic E-state index is -0.736. The van der Waals surface area contributed by atoms with Crippen LogP contribution in [0.15, 0.2) is 23.1 Å². The van der Waals surface area contributed by atoms with Crippen LogP contribution >= 0.6 is 23.4 Å². The molecule has 1 heterocycles. The quantitative estimate of drug-likeness (QED) is 0.917. The number of hydrogen-bond acceptors (Lipinski definition) is 3. The summed E-state index contributed by atoms with van der Waals surface area (Å²) in [5.74, 6) is 0.193. The van der Waals surface area contributed by atoms with Crippen molar-refractivity contribution in [1.29, 1.82) is 0 Å². The highest BCUT2D eigenvalue weighted by molar-refractivity contribution is 7.99. The van der Waals surface area contributed by atoms with E-state index in [9.17, 15) is 4.79 Å². The Kier molecular flexibility index (Phi) is 3.84. The van der Waals surface area contributed by atoms with Crippen LogP contribution in [-0.4, -0.2) is 29.9 Å². The van der Waals surface area contributed by atoms with Gasteiger partial charge < -0.3 is 10.0 Å². The molecule has 5 heteroatoms. The number of carboxylic acid groups (broad SMARTS) is 1. The van der Waals surface area contributed by atoms with Crippen LogP contribution < -0.4 is 4.90 Å². The third kappa shape index (κ3) is 2.87. The zero-order valence-electron chi connectivity index (χ0n) is 9.52. The molecule has 1 aromatic rings. The van der Waals surface area contributed by atoms with Crippen molar-refractivity contribution in [2.24, 2.45) is 0 Å². The first-order valence-electron chi connectivity index (χ1n) is 5.45. The third-order valence-electron chi connectivity index (χ3n) is 2.97. The highest BCUT2D eigenvalue weighted by Crippen LogP contribution is 2.39. The molecule has 0 saturated heterocycles. The first kappa shape index (κ1) is 12.6. The molecule has 1 aliphatic heterocycles. The fourth-order valence-electron chi connectivity index (χ4n) is 1.95. The minimum Gasteiger partial charge on any atom is -0.481 e. The van der Waals surface area contributed by atoms with Gasteiger partial charge in [-0.25, -0.2) is 0 Å². The van der Waals surface area contributed by atoms with E-state index in [4.69, 9.17) is 16.7 Å². The number of hydrogen-bond donors (Lipinski definition) is 1. The average molecular weight is 272 g/mol. The summed E-state index contributed by atoms with van der Waals surface area (Å²) < 4.78 is 0. The van der Waals surface area contributed by atoms with E-state index in [0.29, 0.717) is 6.42 Å². The van der Waals surface area contributed by atoms with Crippen LogP contribution in [0.25, 0.3) is 0 Å². The second kappa shape index (κ2) is 5.19. The molecule has 0 spiro atoms. The van der Waals surface area contributed by atoms with Gasteiger partial charge in [-0.2, -0.15) is 0 Å². The zero-order chi connectivity index (χ0) is 12.4. The van der Waals surface area contributed by atoms with Crippen molar-refractivity contribution < 1.29 is 9.90 Å². The summed E-state index contributed by atoms with van der Waals surface area (Å²) in [6.45, 7) is 0. The van der Waals surface area contributed by atoms with E-state index in [0.717, 1.165) is 16.5 Å². The van der Waals surface area contributed by atoms with Crippen molar-refractivity contribution in [3.63, 3.8) is 0 Å². The molecule has 0 radical (unpaired) electrons. The molecule has 92 valence electrons. The third-order valence-corrected chi connectivity index (χ3v) is 4.41. The van der Waals surface area contributed by atoms with Crippen molar-refractivity contribution in [2.75, 3.05) is 17.7 Å². The molecule has 1 unspecified atom stereocenters. The molecule has 0 fully saturated rings. The normalized spacial score (nSPS) is 18.9. The molecule has 17 heavy (non-hydrogen) atoms. The minimum absolute atomic E-state index is 0.214. The van der Waals surface area contributed by atoms with Crippen LogP contribution in [-0.2, 0) is 4.79 Å². The fraction of sp³-hybridized carbons (Fsp3) is 0.417. The number of aliphatic carboxylic acids is 1. The van der Waals surface area contributed by atoms with Crippen molar-refractivity contribution in [2.45, 2.75) is 23.8 Å². The van der Waals surface area contributed by atoms with Gasteiger partial charge in [0.05, 0.1) is 5.69 Å². The molecule has 0 aliphatic carbocycles. The summed E-state index contributed by atoms with van der Waals surface area (Å²) in [5, 5.41) is 9.44. The summed E-state index contributed by atoms with van der Waals surface area (Å²) >= 11 is 7.75. The van der Waals surface area contributed by atoms with Crippen LogP contribution in [0.4, 0.5) is 5.69 Å². The summed E-state index contributed by atoms with van der Waals surface area (Å²) in [6.07, 6.45) is 0.885. The summed E-state index contributed by atoms with van der Waals surface area (Å²) in [4.78, 5) is 14.0. The number of benzene rings is 1. The van der Waals surface area contributed by atoms with E-state index in [2.05, 4.69) is 4.90 Å². The highest BCUT2D eigenvalue weighted by Gasteiger charge is 2.24. The van der Waals surface area contributed by atoms with Crippen molar-refractivity contribution in [3.8, 4) is 0 Å². The van der Waals surface area contributed by atoms with Gasteiger partial charge in [-0.05, 0) is 24.6 Å². The summed E-state index contributed by atoms with van der Waals surface area (Å²) in [6, 6.07) is 6.11. The standard InChI is InChI=1S/C12H14ClNO2S/c1-14-9(3-5-12(15)16)7-17-11-4-2-8(13)6-10(11)14/h2,4,6,9H,3,5,7H2,1H3,(H,15,16).